The molecular formula is C11H20O. The Bertz CT molecular complexity index is 203. The van der Waals surface area contributed by atoms with E-state index in [-0.39, 0.29) is 5.41 Å². The predicted octanol–water partition coefficient (Wildman–Crippen LogP) is 2.89. The van der Waals surface area contributed by atoms with Crippen LogP contribution in [0.5, 0.6) is 0 Å². The second-order valence-corrected chi connectivity index (χ2v) is 4.41. The summed E-state index contributed by atoms with van der Waals surface area (Å²) in [6.07, 6.45) is 5.09. The van der Waals surface area contributed by atoms with Crippen molar-refractivity contribution in [2.45, 2.75) is 52.6 Å². The molecule has 0 saturated heterocycles. The van der Waals surface area contributed by atoms with Gasteiger partial charge in [0.15, 0.2) is 0 Å². The Morgan fingerprint density at radius 2 is 2.08 bits per heavy atom. The largest absolute Gasteiger partial charge is 0.385 e. The minimum Gasteiger partial charge on any atom is -0.385 e. The van der Waals surface area contributed by atoms with Crippen LogP contribution in [-0.2, 0) is 0 Å². The zero-order chi connectivity index (χ0) is 9.41. The van der Waals surface area contributed by atoms with Crippen molar-refractivity contribution in [2.24, 2.45) is 5.41 Å². The molecule has 1 aliphatic carbocycles. The summed E-state index contributed by atoms with van der Waals surface area (Å²) in [7, 11) is 0. The van der Waals surface area contributed by atoms with Gasteiger partial charge >= 0.3 is 0 Å². The van der Waals surface area contributed by atoms with Crippen molar-refractivity contribution >= 4 is 0 Å². The molecule has 1 unspecified atom stereocenters. The standard InChI is InChI=1S/C11H20O/c1-5-9-7-8-10(3,4)11(9,12)6-2/h5,12H,6-8H2,1-4H3/b9-5+. The van der Waals surface area contributed by atoms with E-state index in [1.165, 1.54) is 5.57 Å². The highest BCUT2D eigenvalue weighted by Gasteiger charge is 2.48. The van der Waals surface area contributed by atoms with Gasteiger partial charge in [-0.25, -0.2) is 0 Å². The second kappa shape index (κ2) is 2.88. The van der Waals surface area contributed by atoms with Crippen LogP contribution in [0.4, 0.5) is 0 Å². The van der Waals surface area contributed by atoms with Gasteiger partial charge in [-0.15, -0.1) is 0 Å². The number of allylic oxidation sites excluding steroid dienone is 1. The Kier molecular flexibility index (Phi) is 2.35. The highest BCUT2D eigenvalue weighted by Crippen LogP contribution is 2.50. The molecule has 70 valence electrons. The summed E-state index contributed by atoms with van der Waals surface area (Å²) in [5.74, 6) is 0. The van der Waals surface area contributed by atoms with Crippen LogP contribution in [0.3, 0.4) is 0 Å². The van der Waals surface area contributed by atoms with Gasteiger partial charge in [-0.1, -0.05) is 26.8 Å². The van der Waals surface area contributed by atoms with Gasteiger partial charge < -0.3 is 5.11 Å². The summed E-state index contributed by atoms with van der Waals surface area (Å²) >= 11 is 0. The summed E-state index contributed by atoms with van der Waals surface area (Å²) in [4.78, 5) is 0. The summed E-state index contributed by atoms with van der Waals surface area (Å²) < 4.78 is 0. The normalized spacial score (nSPS) is 37.6. The lowest BCUT2D eigenvalue weighted by Gasteiger charge is -2.37. The Morgan fingerprint density at radius 3 is 2.42 bits per heavy atom. The van der Waals surface area contributed by atoms with E-state index in [1.54, 1.807) is 0 Å². The quantitative estimate of drug-likeness (QED) is 0.597. The van der Waals surface area contributed by atoms with Crippen LogP contribution < -0.4 is 0 Å². The highest BCUT2D eigenvalue weighted by atomic mass is 16.3. The summed E-state index contributed by atoms with van der Waals surface area (Å²) in [6.45, 7) is 8.41. The van der Waals surface area contributed by atoms with Gasteiger partial charge in [-0.3, -0.25) is 0 Å². The first kappa shape index (κ1) is 9.79. The van der Waals surface area contributed by atoms with Crippen molar-refractivity contribution in [1.29, 1.82) is 0 Å². The van der Waals surface area contributed by atoms with E-state index in [9.17, 15) is 5.11 Å². The molecule has 0 aromatic carbocycles. The van der Waals surface area contributed by atoms with Crippen molar-refractivity contribution in [3.63, 3.8) is 0 Å². The van der Waals surface area contributed by atoms with E-state index in [0.717, 1.165) is 19.3 Å². The molecule has 1 aliphatic rings. The van der Waals surface area contributed by atoms with Crippen molar-refractivity contribution in [3.8, 4) is 0 Å². The molecule has 1 atom stereocenters. The molecule has 12 heavy (non-hydrogen) atoms. The third-order valence-corrected chi connectivity index (χ3v) is 3.53. The lowest BCUT2D eigenvalue weighted by molar-refractivity contribution is -0.0168. The topological polar surface area (TPSA) is 20.2 Å². The number of hydrogen-bond donors (Lipinski definition) is 1. The molecule has 1 rings (SSSR count). The lowest BCUT2D eigenvalue weighted by atomic mass is 9.74. The SMILES string of the molecule is C/C=C1\CCC(C)(C)C1(O)CC. The van der Waals surface area contributed by atoms with Crippen molar-refractivity contribution in [3.05, 3.63) is 11.6 Å². The molecule has 0 heterocycles. The molecule has 0 amide bonds. The fraction of sp³-hybridized carbons (Fsp3) is 0.818. The average Bonchev–Trinajstić information content (AvgIpc) is 2.25. The number of hydrogen-bond acceptors (Lipinski definition) is 1. The monoisotopic (exact) mass is 168 g/mol. The first-order valence-electron chi connectivity index (χ1n) is 4.86. The Balaban J connectivity index is 3.04. The maximum absolute atomic E-state index is 10.4. The average molecular weight is 168 g/mol. The third kappa shape index (κ3) is 1.11. The van der Waals surface area contributed by atoms with Crippen LogP contribution in [-0.4, -0.2) is 10.7 Å². The van der Waals surface area contributed by atoms with Gasteiger partial charge in [0.2, 0.25) is 0 Å². The molecule has 0 aliphatic heterocycles. The van der Waals surface area contributed by atoms with Crippen LogP contribution in [0.1, 0.15) is 47.0 Å². The number of rotatable bonds is 1. The smallest absolute Gasteiger partial charge is 0.0904 e. The Morgan fingerprint density at radius 1 is 1.50 bits per heavy atom. The number of aliphatic hydroxyl groups is 1. The van der Waals surface area contributed by atoms with Gasteiger partial charge in [-0.2, -0.15) is 0 Å². The van der Waals surface area contributed by atoms with Gasteiger partial charge in [-0.05, 0) is 37.2 Å². The molecule has 0 aromatic heterocycles. The van der Waals surface area contributed by atoms with Gasteiger partial charge in [0.1, 0.15) is 0 Å². The molecule has 1 nitrogen and oxygen atoms in total. The molecule has 1 N–H and O–H groups in total. The van der Waals surface area contributed by atoms with Crippen molar-refractivity contribution in [1.82, 2.24) is 0 Å². The molecule has 1 heteroatoms. The van der Waals surface area contributed by atoms with E-state index in [2.05, 4.69) is 26.8 Å². The zero-order valence-electron chi connectivity index (χ0n) is 8.65. The molecule has 0 spiro atoms. The Hall–Kier alpha value is -0.300. The molecular weight excluding hydrogens is 148 g/mol. The maximum Gasteiger partial charge on any atom is 0.0904 e. The summed E-state index contributed by atoms with van der Waals surface area (Å²) in [6, 6.07) is 0. The second-order valence-electron chi connectivity index (χ2n) is 4.41. The minimum absolute atomic E-state index is 0.0591. The van der Waals surface area contributed by atoms with Crippen LogP contribution in [0.25, 0.3) is 0 Å². The van der Waals surface area contributed by atoms with Crippen molar-refractivity contribution < 1.29 is 5.11 Å². The molecule has 0 aromatic rings. The summed E-state index contributed by atoms with van der Waals surface area (Å²) in [5, 5.41) is 10.4. The molecule has 1 fully saturated rings. The van der Waals surface area contributed by atoms with Gasteiger partial charge in [0.25, 0.3) is 0 Å². The van der Waals surface area contributed by atoms with Crippen LogP contribution in [0.2, 0.25) is 0 Å². The first-order chi connectivity index (χ1) is 5.48. The van der Waals surface area contributed by atoms with E-state index >= 15 is 0 Å². The minimum atomic E-state index is -0.540. The van der Waals surface area contributed by atoms with Crippen LogP contribution in [0.15, 0.2) is 11.6 Å². The predicted molar refractivity (Wildman–Crippen MR) is 52.0 cm³/mol. The third-order valence-electron chi connectivity index (χ3n) is 3.53. The molecule has 1 saturated carbocycles. The van der Waals surface area contributed by atoms with E-state index < -0.39 is 5.60 Å². The molecule has 0 radical (unpaired) electrons. The summed E-state index contributed by atoms with van der Waals surface area (Å²) in [5.41, 5.74) is 0.751. The first-order valence-corrected chi connectivity index (χ1v) is 4.86. The fourth-order valence-corrected chi connectivity index (χ4v) is 2.38. The van der Waals surface area contributed by atoms with E-state index in [0.29, 0.717) is 0 Å². The van der Waals surface area contributed by atoms with Gasteiger partial charge in [0, 0.05) is 0 Å². The molecule has 0 bridgehead atoms. The fourth-order valence-electron chi connectivity index (χ4n) is 2.38. The van der Waals surface area contributed by atoms with Crippen LogP contribution in [0, 0.1) is 5.41 Å². The Labute approximate surface area is 75.5 Å². The van der Waals surface area contributed by atoms with Crippen LogP contribution >= 0.6 is 0 Å². The lowest BCUT2D eigenvalue weighted by Crippen LogP contribution is -2.40. The van der Waals surface area contributed by atoms with Gasteiger partial charge in [0.05, 0.1) is 5.60 Å². The van der Waals surface area contributed by atoms with E-state index in [1.807, 2.05) is 6.92 Å². The van der Waals surface area contributed by atoms with E-state index in [4.69, 9.17) is 0 Å². The van der Waals surface area contributed by atoms with Crippen molar-refractivity contribution in [2.75, 3.05) is 0 Å². The zero-order valence-corrected chi connectivity index (χ0v) is 8.65. The highest BCUT2D eigenvalue weighted by molar-refractivity contribution is 5.25. The maximum atomic E-state index is 10.4.